The molecule has 192 valence electrons. The average Bonchev–Trinajstić information content (AvgIpc) is 2.91. The maximum atomic E-state index is 13.3. The summed E-state index contributed by atoms with van der Waals surface area (Å²) < 4.78 is 5.65. The van der Waals surface area contributed by atoms with E-state index in [0.717, 1.165) is 16.7 Å². The normalized spacial score (nSPS) is 14.9. The number of hydrogen-bond acceptors (Lipinski definition) is 6. The number of dihydropyridines is 1. The summed E-state index contributed by atoms with van der Waals surface area (Å²) in [6.45, 7) is 3.83. The number of esters is 1. The number of nitrogens with one attached hydrogen (secondary N) is 2. The molecule has 2 N–H and O–H groups in total. The summed E-state index contributed by atoms with van der Waals surface area (Å²) >= 11 is 7.33. The van der Waals surface area contributed by atoms with Gasteiger partial charge in [-0.15, -0.1) is 0 Å². The van der Waals surface area contributed by atoms with Crippen molar-refractivity contribution in [3.05, 3.63) is 122 Å². The molecule has 0 fully saturated rings. The van der Waals surface area contributed by atoms with Crippen LogP contribution in [0.2, 0.25) is 5.02 Å². The third-order valence-electron chi connectivity index (χ3n) is 5.93. The number of amides is 1. The molecular formula is C30H26ClN3O3S. The number of anilines is 1. The minimum atomic E-state index is -0.677. The summed E-state index contributed by atoms with van der Waals surface area (Å²) in [5.41, 5.74) is 4.56. The first-order chi connectivity index (χ1) is 18.4. The molecule has 0 unspecified atom stereocenters. The number of benzene rings is 3. The number of carbonyl (C=O) groups excluding carboxylic acids is 2. The van der Waals surface area contributed by atoms with Crippen molar-refractivity contribution in [1.29, 1.82) is 5.26 Å². The number of nitrogens with zero attached hydrogens (tertiary/aromatic N) is 1. The molecule has 0 bridgehead atoms. The number of ether oxygens (including phenoxy) is 1. The second-order valence-electron chi connectivity index (χ2n) is 8.77. The lowest BCUT2D eigenvalue weighted by molar-refractivity contribution is -0.140. The zero-order valence-corrected chi connectivity index (χ0v) is 22.5. The minimum absolute atomic E-state index is 0.0792. The molecule has 4 rings (SSSR count). The average molecular weight is 544 g/mol. The van der Waals surface area contributed by atoms with Crippen LogP contribution in [-0.2, 0) is 20.9 Å². The van der Waals surface area contributed by atoms with Gasteiger partial charge in [0.25, 0.3) is 0 Å². The molecule has 3 aromatic rings. The maximum Gasteiger partial charge on any atom is 0.337 e. The van der Waals surface area contributed by atoms with Crippen molar-refractivity contribution in [3.63, 3.8) is 0 Å². The molecule has 0 spiro atoms. The predicted octanol–water partition coefficient (Wildman–Crippen LogP) is 6.46. The Morgan fingerprint density at radius 1 is 1.05 bits per heavy atom. The van der Waals surface area contributed by atoms with E-state index >= 15 is 0 Å². The highest BCUT2D eigenvalue weighted by molar-refractivity contribution is 8.03. The van der Waals surface area contributed by atoms with E-state index in [9.17, 15) is 14.9 Å². The Balaban J connectivity index is 1.59. The Hall–Kier alpha value is -3.99. The first kappa shape index (κ1) is 27.1. The summed E-state index contributed by atoms with van der Waals surface area (Å²) in [6, 6.07) is 26.2. The third-order valence-corrected chi connectivity index (χ3v) is 7.20. The van der Waals surface area contributed by atoms with Gasteiger partial charge in [0, 0.05) is 16.4 Å². The zero-order valence-electron chi connectivity index (χ0n) is 21.0. The molecule has 0 saturated heterocycles. The van der Waals surface area contributed by atoms with E-state index < -0.39 is 11.9 Å². The largest absolute Gasteiger partial charge is 0.457 e. The van der Waals surface area contributed by atoms with Crippen LogP contribution in [0.25, 0.3) is 0 Å². The Morgan fingerprint density at radius 2 is 1.79 bits per heavy atom. The van der Waals surface area contributed by atoms with E-state index in [0.29, 0.717) is 32.6 Å². The lowest BCUT2D eigenvalue weighted by Crippen LogP contribution is -2.29. The lowest BCUT2D eigenvalue weighted by Gasteiger charge is -2.29. The fourth-order valence-electron chi connectivity index (χ4n) is 4.14. The van der Waals surface area contributed by atoms with Crippen molar-refractivity contribution in [2.75, 3.05) is 11.1 Å². The predicted molar refractivity (Wildman–Crippen MR) is 151 cm³/mol. The number of rotatable bonds is 8. The van der Waals surface area contributed by atoms with E-state index in [-0.39, 0.29) is 18.3 Å². The van der Waals surface area contributed by atoms with Crippen molar-refractivity contribution in [2.45, 2.75) is 26.4 Å². The van der Waals surface area contributed by atoms with Crippen LogP contribution in [0, 0.1) is 18.3 Å². The molecule has 3 aromatic carbocycles. The standard InChI is InChI=1S/C30H26ClN3O3S/c1-19-7-6-10-24(15-19)34-26(35)18-38-29-25(16-32)28(22-11-13-23(31)14-12-22)27(20(2)33-29)30(36)37-17-21-8-4-3-5-9-21/h3-15,28,33H,17-18H2,1-2H3,(H,34,35)/t28-/m1/s1. The van der Waals surface area contributed by atoms with Crippen LogP contribution >= 0.6 is 23.4 Å². The highest BCUT2D eigenvalue weighted by atomic mass is 35.5. The topological polar surface area (TPSA) is 91.2 Å². The summed E-state index contributed by atoms with van der Waals surface area (Å²) in [4.78, 5) is 26.0. The molecular weight excluding hydrogens is 518 g/mol. The van der Waals surface area contributed by atoms with Gasteiger partial charge in [0.1, 0.15) is 6.61 Å². The molecule has 1 atom stereocenters. The number of carbonyl (C=O) groups is 2. The molecule has 1 heterocycles. The molecule has 1 aliphatic heterocycles. The number of aryl methyl sites for hydroxylation is 1. The van der Waals surface area contributed by atoms with Crippen LogP contribution in [-0.4, -0.2) is 17.6 Å². The zero-order chi connectivity index (χ0) is 27.1. The van der Waals surface area contributed by atoms with Crippen LogP contribution < -0.4 is 10.6 Å². The van der Waals surface area contributed by atoms with E-state index in [1.165, 1.54) is 11.8 Å². The molecule has 1 aliphatic rings. The number of hydrogen-bond donors (Lipinski definition) is 2. The third kappa shape index (κ3) is 6.65. The Bertz CT molecular complexity index is 1440. The van der Waals surface area contributed by atoms with Gasteiger partial charge in [-0.3, -0.25) is 4.79 Å². The van der Waals surface area contributed by atoms with Gasteiger partial charge in [0.05, 0.1) is 33.9 Å². The van der Waals surface area contributed by atoms with E-state index in [2.05, 4.69) is 16.7 Å². The summed E-state index contributed by atoms with van der Waals surface area (Å²) in [6.07, 6.45) is 0. The fourth-order valence-corrected chi connectivity index (χ4v) is 5.16. The second-order valence-corrected chi connectivity index (χ2v) is 10.2. The monoisotopic (exact) mass is 543 g/mol. The number of thioether (sulfide) groups is 1. The maximum absolute atomic E-state index is 13.3. The molecule has 0 saturated carbocycles. The lowest BCUT2D eigenvalue weighted by atomic mass is 9.82. The number of allylic oxidation sites excluding steroid dienone is 2. The summed E-state index contributed by atoms with van der Waals surface area (Å²) in [5, 5.41) is 17.3. The Labute approximate surface area is 231 Å². The van der Waals surface area contributed by atoms with Gasteiger partial charge < -0.3 is 15.4 Å². The van der Waals surface area contributed by atoms with E-state index in [1.54, 1.807) is 31.2 Å². The SMILES string of the molecule is CC1=C(C(=O)OCc2ccccc2)[C@H](c2ccc(Cl)cc2)C(C#N)=C(SCC(=O)Nc2cccc(C)c2)N1. The highest BCUT2D eigenvalue weighted by Crippen LogP contribution is 2.41. The Kier molecular flexibility index (Phi) is 8.90. The molecule has 0 aliphatic carbocycles. The molecule has 38 heavy (non-hydrogen) atoms. The van der Waals surface area contributed by atoms with Crippen molar-refractivity contribution in [2.24, 2.45) is 0 Å². The number of halogens is 1. The van der Waals surface area contributed by atoms with Crippen LogP contribution in [0.1, 0.15) is 29.5 Å². The van der Waals surface area contributed by atoms with Gasteiger partial charge >= 0.3 is 5.97 Å². The Morgan fingerprint density at radius 3 is 2.47 bits per heavy atom. The van der Waals surface area contributed by atoms with Crippen molar-refractivity contribution in [1.82, 2.24) is 5.32 Å². The second kappa shape index (κ2) is 12.5. The van der Waals surface area contributed by atoms with Gasteiger partial charge in [-0.2, -0.15) is 5.26 Å². The molecule has 0 aromatic heterocycles. The van der Waals surface area contributed by atoms with Crippen LogP contribution in [0.5, 0.6) is 0 Å². The van der Waals surface area contributed by atoms with Crippen LogP contribution in [0.15, 0.2) is 101 Å². The van der Waals surface area contributed by atoms with E-state index in [4.69, 9.17) is 16.3 Å². The minimum Gasteiger partial charge on any atom is -0.457 e. The van der Waals surface area contributed by atoms with Crippen LogP contribution in [0.3, 0.4) is 0 Å². The van der Waals surface area contributed by atoms with Gasteiger partial charge in [0.2, 0.25) is 5.91 Å². The van der Waals surface area contributed by atoms with Gasteiger partial charge in [-0.1, -0.05) is 78.0 Å². The molecule has 1 amide bonds. The van der Waals surface area contributed by atoms with Crippen molar-refractivity contribution >= 4 is 40.9 Å². The van der Waals surface area contributed by atoms with Gasteiger partial charge in [0.15, 0.2) is 0 Å². The van der Waals surface area contributed by atoms with Gasteiger partial charge in [-0.25, -0.2) is 4.79 Å². The van der Waals surface area contributed by atoms with Crippen molar-refractivity contribution in [3.8, 4) is 6.07 Å². The molecule has 8 heteroatoms. The van der Waals surface area contributed by atoms with E-state index in [1.807, 2.05) is 61.5 Å². The van der Waals surface area contributed by atoms with Crippen molar-refractivity contribution < 1.29 is 14.3 Å². The summed E-state index contributed by atoms with van der Waals surface area (Å²) in [5.74, 6) is -1.32. The summed E-state index contributed by atoms with van der Waals surface area (Å²) in [7, 11) is 0. The fraction of sp³-hybridized carbons (Fsp3) is 0.167. The first-order valence-electron chi connectivity index (χ1n) is 11.9. The molecule has 0 radical (unpaired) electrons. The van der Waals surface area contributed by atoms with Gasteiger partial charge in [-0.05, 0) is 54.8 Å². The highest BCUT2D eigenvalue weighted by Gasteiger charge is 2.35. The smallest absolute Gasteiger partial charge is 0.337 e. The van der Waals surface area contributed by atoms with Crippen LogP contribution in [0.4, 0.5) is 5.69 Å². The molecule has 6 nitrogen and oxygen atoms in total. The number of nitriles is 1. The first-order valence-corrected chi connectivity index (χ1v) is 13.3. The quantitative estimate of drug-likeness (QED) is 0.317.